The molecule has 18 heavy (non-hydrogen) atoms. The molecule has 2 atom stereocenters. The maximum Gasteiger partial charge on any atom is 0.0589 e. The predicted octanol–water partition coefficient (Wildman–Crippen LogP) is 3.89. The molecule has 0 saturated carbocycles. The summed E-state index contributed by atoms with van der Waals surface area (Å²) in [6, 6.07) is 9.10. The molecule has 0 aliphatic carbocycles. The van der Waals surface area contributed by atoms with Crippen molar-refractivity contribution in [3.8, 4) is 0 Å². The van der Waals surface area contributed by atoms with Crippen molar-refractivity contribution in [1.82, 2.24) is 5.32 Å². The molecule has 0 amide bonds. The number of nitrogens with one attached hydrogen (secondary N) is 1. The summed E-state index contributed by atoms with van der Waals surface area (Å²) in [5.41, 5.74) is 1.34. The van der Waals surface area contributed by atoms with Crippen molar-refractivity contribution in [3.63, 3.8) is 0 Å². The van der Waals surface area contributed by atoms with E-state index in [9.17, 15) is 0 Å². The van der Waals surface area contributed by atoms with Gasteiger partial charge in [-0.3, -0.25) is 0 Å². The molecule has 2 unspecified atom stereocenters. The first kappa shape index (κ1) is 14.0. The molecule has 2 nitrogen and oxygen atoms in total. The first-order valence-corrected chi connectivity index (χ1v) is 7.66. The van der Waals surface area contributed by atoms with Gasteiger partial charge in [0.05, 0.1) is 6.10 Å². The Morgan fingerprint density at radius 2 is 2.33 bits per heavy atom. The highest BCUT2D eigenvalue weighted by Gasteiger charge is 2.21. The summed E-state index contributed by atoms with van der Waals surface area (Å²) in [5, 5.41) is 3.65. The molecule has 0 spiro atoms. The summed E-state index contributed by atoms with van der Waals surface area (Å²) >= 11 is 3.51. The van der Waals surface area contributed by atoms with Gasteiger partial charge in [0.1, 0.15) is 0 Å². The molecule has 100 valence electrons. The lowest BCUT2D eigenvalue weighted by atomic mass is 10.00. The number of halogens is 1. The van der Waals surface area contributed by atoms with Crippen LogP contribution in [-0.2, 0) is 11.3 Å². The van der Waals surface area contributed by atoms with Gasteiger partial charge in [0.2, 0.25) is 0 Å². The molecule has 0 aromatic heterocycles. The highest BCUT2D eigenvalue weighted by atomic mass is 79.9. The maximum absolute atomic E-state index is 5.77. The van der Waals surface area contributed by atoms with Gasteiger partial charge in [-0.2, -0.15) is 0 Å². The van der Waals surface area contributed by atoms with Crippen LogP contribution in [0.25, 0.3) is 0 Å². The van der Waals surface area contributed by atoms with Gasteiger partial charge >= 0.3 is 0 Å². The fraction of sp³-hybridized carbons (Fsp3) is 0.600. The maximum atomic E-state index is 5.77. The Morgan fingerprint density at radius 1 is 1.44 bits per heavy atom. The van der Waals surface area contributed by atoms with E-state index in [1.807, 2.05) is 0 Å². The minimum Gasteiger partial charge on any atom is -0.378 e. The Hall–Kier alpha value is -0.380. The lowest BCUT2D eigenvalue weighted by Gasteiger charge is -2.30. The Balaban J connectivity index is 1.79. The summed E-state index contributed by atoms with van der Waals surface area (Å²) < 4.78 is 6.92. The van der Waals surface area contributed by atoms with Gasteiger partial charge < -0.3 is 10.1 Å². The first-order chi connectivity index (χ1) is 8.78. The highest BCUT2D eigenvalue weighted by Crippen LogP contribution is 2.18. The van der Waals surface area contributed by atoms with Crippen LogP contribution < -0.4 is 5.32 Å². The minimum atomic E-state index is 0.462. The van der Waals surface area contributed by atoms with E-state index in [1.54, 1.807) is 0 Å². The van der Waals surface area contributed by atoms with Gasteiger partial charge in [0, 0.05) is 23.7 Å². The average Bonchev–Trinajstić information content (AvgIpc) is 2.37. The van der Waals surface area contributed by atoms with Crippen LogP contribution in [0.4, 0.5) is 0 Å². The second-order valence-electron chi connectivity index (χ2n) is 5.01. The molecule has 2 rings (SSSR count). The summed E-state index contributed by atoms with van der Waals surface area (Å²) in [4.78, 5) is 0. The fourth-order valence-electron chi connectivity index (χ4n) is 2.50. The molecular weight excluding hydrogens is 290 g/mol. The third-order valence-corrected chi connectivity index (χ3v) is 3.96. The summed E-state index contributed by atoms with van der Waals surface area (Å²) in [7, 11) is 0. The first-order valence-electron chi connectivity index (χ1n) is 6.87. The van der Waals surface area contributed by atoms with E-state index in [-0.39, 0.29) is 0 Å². The summed E-state index contributed by atoms with van der Waals surface area (Å²) in [6.07, 6.45) is 5.15. The van der Waals surface area contributed by atoms with Crippen LogP contribution in [0.2, 0.25) is 0 Å². The molecule has 1 aliphatic heterocycles. The van der Waals surface area contributed by atoms with Crippen molar-refractivity contribution in [2.45, 2.75) is 51.3 Å². The van der Waals surface area contributed by atoms with Crippen molar-refractivity contribution >= 4 is 15.9 Å². The SMILES string of the molecule is CCCC1CC(NCc2cccc(Br)c2)CCO1. The van der Waals surface area contributed by atoms with Crippen LogP contribution in [0.1, 0.15) is 38.2 Å². The molecule has 1 saturated heterocycles. The molecule has 1 aliphatic rings. The highest BCUT2D eigenvalue weighted by molar-refractivity contribution is 9.10. The van der Waals surface area contributed by atoms with Crippen LogP contribution in [-0.4, -0.2) is 18.8 Å². The number of rotatable bonds is 5. The normalized spacial score (nSPS) is 24.1. The summed E-state index contributed by atoms with van der Waals surface area (Å²) in [5.74, 6) is 0. The molecule has 1 fully saturated rings. The van der Waals surface area contributed by atoms with Crippen LogP contribution in [0.15, 0.2) is 28.7 Å². The quantitative estimate of drug-likeness (QED) is 0.891. The van der Waals surface area contributed by atoms with Crippen LogP contribution in [0.5, 0.6) is 0 Å². The van der Waals surface area contributed by atoms with Gasteiger partial charge in [-0.05, 0) is 37.0 Å². The zero-order valence-electron chi connectivity index (χ0n) is 11.0. The van der Waals surface area contributed by atoms with Crippen molar-refractivity contribution in [3.05, 3.63) is 34.3 Å². The molecule has 1 aromatic carbocycles. The molecule has 1 aromatic rings. The fourth-order valence-corrected chi connectivity index (χ4v) is 2.94. The van der Waals surface area contributed by atoms with Gasteiger partial charge in [-0.15, -0.1) is 0 Å². The zero-order valence-corrected chi connectivity index (χ0v) is 12.6. The Kier molecular flexibility index (Phi) is 5.67. The van der Waals surface area contributed by atoms with Gasteiger partial charge in [0.25, 0.3) is 0 Å². The largest absolute Gasteiger partial charge is 0.378 e. The average molecular weight is 312 g/mol. The van der Waals surface area contributed by atoms with Crippen molar-refractivity contribution < 1.29 is 4.74 Å². The van der Waals surface area contributed by atoms with E-state index >= 15 is 0 Å². The number of hydrogen-bond acceptors (Lipinski definition) is 2. The second kappa shape index (κ2) is 7.27. The molecule has 3 heteroatoms. The Bertz CT molecular complexity index is 367. The monoisotopic (exact) mass is 311 g/mol. The number of hydrogen-bond donors (Lipinski definition) is 1. The molecule has 0 bridgehead atoms. The van der Waals surface area contributed by atoms with Crippen molar-refractivity contribution in [2.24, 2.45) is 0 Å². The van der Waals surface area contributed by atoms with Crippen LogP contribution in [0.3, 0.4) is 0 Å². The van der Waals surface area contributed by atoms with Crippen LogP contribution >= 0.6 is 15.9 Å². The molecule has 1 heterocycles. The predicted molar refractivity (Wildman–Crippen MR) is 78.7 cm³/mol. The van der Waals surface area contributed by atoms with Gasteiger partial charge in [-0.1, -0.05) is 41.4 Å². The van der Waals surface area contributed by atoms with Crippen molar-refractivity contribution in [2.75, 3.05) is 6.61 Å². The van der Waals surface area contributed by atoms with Crippen molar-refractivity contribution in [1.29, 1.82) is 0 Å². The lowest BCUT2D eigenvalue weighted by molar-refractivity contribution is -0.00342. The topological polar surface area (TPSA) is 21.3 Å². The molecule has 1 N–H and O–H groups in total. The molecule has 0 radical (unpaired) electrons. The van der Waals surface area contributed by atoms with E-state index in [2.05, 4.69) is 52.4 Å². The van der Waals surface area contributed by atoms with E-state index in [0.717, 1.165) is 30.5 Å². The Morgan fingerprint density at radius 3 is 3.11 bits per heavy atom. The zero-order chi connectivity index (χ0) is 12.8. The van der Waals surface area contributed by atoms with Gasteiger partial charge in [0.15, 0.2) is 0 Å². The standard InChI is InChI=1S/C15H22BrNO/c1-2-4-15-10-14(7-8-18-15)17-11-12-5-3-6-13(16)9-12/h3,5-6,9,14-15,17H,2,4,7-8,10-11H2,1H3. The van der Waals surface area contributed by atoms with Gasteiger partial charge in [-0.25, -0.2) is 0 Å². The Labute approximate surface area is 118 Å². The van der Waals surface area contributed by atoms with E-state index in [1.165, 1.54) is 18.4 Å². The third-order valence-electron chi connectivity index (χ3n) is 3.46. The van der Waals surface area contributed by atoms with E-state index in [0.29, 0.717) is 12.1 Å². The number of benzene rings is 1. The lowest BCUT2D eigenvalue weighted by Crippen LogP contribution is -2.38. The number of ether oxygens (including phenoxy) is 1. The minimum absolute atomic E-state index is 0.462. The second-order valence-corrected chi connectivity index (χ2v) is 5.93. The van der Waals surface area contributed by atoms with E-state index in [4.69, 9.17) is 4.74 Å². The van der Waals surface area contributed by atoms with Crippen LogP contribution in [0, 0.1) is 0 Å². The molecular formula is C15H22BrNO. The third kappa shape index (κ3) is 4.38. The smallest absolute Gasteiger partial charge is 0.0589 e. The summed E-state index contributed by atoms with van der Waals surface area (Å²) in [6.45, 7) is 4.08. The van der Waals surface area contributed by atoms with E-state index < -0.39 is 0 Å².